The van der Waals surface area contributed by atoms with Crippen LogP contribution >= 0.6 is 11.3 Å². The maximum Gasteiger partial charge on any atom is 0.349 e. The van der Waals surface area contributed by atoms with E-state index in [4.69, 9.17) is 14.6 Å². The Morgan fingerprint density at radius 3 is 2.71 bits per heavy atom. The van der Waals surface area contributed by atoms with Gasteiger partial charge in [0.25, 0.3) is 0 Å². The minimum absolute atomic E-state index is 0.256. The summed E-state index contributed by atoms with van der Waals surface area (Å²) in [5, 5.41) is 8.99. The Labute approximate surface area is 105 Å². The third-order valence-electron chi connectivity index (χ3n) is 2.53. The minimum atomic E-state index is -0.941. The fraction of sp³-hybridized carbons (Fsp3) is 0.583. The molecule has 96 valence electrons. The number of hydrogen-bond acceptors (Lipinski definition) is 4. The number of carbonyl (C=O) groups is 1. The third kappa shape index (κ3) is 4.02. The van der Waals surface area contributed by atoms with Crippen molar-refractivity contribution in [3.63, 3.8) is 0 Å². The van der Waals surface area contributed by atoms with Crippen molar-refractivity contribution in [2.45, 2.75) is 32.8 Å². The van der Waals surface area contributed by atoms with E-state index in [-0.39, 0.29) is 10.5 Å². The molecule has 5 heteroatoms. The van der Waals surface area contributed by atoms with Crippen molar-refractivity contribution in [2.24, 2.45) is 0 Å². The summed E-state index contributed by atoms with van der Waals surface area (Å²) in [6, 6.07) is 1.76. The molecule has 4 nitrogen and oxygen atoms in total. The first kappa shape index (κ1) is 14.0. The molecule has 0 aliphatic rings. The molecular weight excluding hydrogens is 240 g/mol. The molecule has 1 heterocycles. The highest BCUT2D eigenvalue weighted by molar-refractivity contribution is 7.14. The Kier molecular flexibility index (Phi) is 4.54. The van der Waals surface area contributed by atoms with Gasteiger partial charge in [-0.1, -0.05) is 0 Å². The fourth-order valence-corrected chi connectivity index (χ4v) is 2.05. The Hall–Kier alpha value is -1.07. The second-order valence-corrected chi connectivity index (χ2v) is 5.67. The number of ether oxygens (including phenoxy) is 2. The van der Waals surface area contributed by atoms with Crippen LogP contribution in [-0.2, 0) is 4.74 Å². The largest absolute Gasteiger partial charge is 0.492 e. The number of carboxylic acid groups (broad SMARTS) is 1. The number of methoxy groups -OCH3 is 1. The van der Waals surface area contributed by atoms with Crippen LogP contribution in [0.15, 0.2) is 6.07 Å². The van der Waals surface area contributed by atoms with Gasteiger partial charge in [0.15, 0.2) is 4.88 Å². The highest BCUT2D eigenvalue weighted by Crippen LogP contribution is 2.29. The smallest absolute Gasteiger partial charge is 0.349 e. The normalized spacial score (nSPS) is 11.5. The summed E-state index contributed by atoms with van der Waals surface area (Å²) >= 11 is 1.23. The lowest BCUT2D eigenvalue weighted by Gasteiger charge is -2.22. The fourth-order valence-electron chi connectivity index (χ4n) is 1.26. The molecule has 17 heavy (non-hydrogen) atoms. The van der Waals surface area contributed by atoms with Crippen LogP contribution in [0.25, 0.3) is 0 Å². The molecule has 0 aliphatic heterocycles. The highest BCUT2D eigenvalue weighted by atomic mass is 32.1. The van der Waals surface area contributed by atoms with E-state index >= 15 is 0 Å². The first-order valence-corrected chi connectivity index (χ1v) is 6.19. The number of carboxylic acids is 1. The first-order chi connectivity index (χ1) is 7.85. The van der Waals surface area contributed by atoms with Gasteiger partial charge in [-0.2, -0.15) is 0 Å². The van der Waals surface area contributed by atoms with Crippen molar-refractivity contribution < 1.29 is 19.4 Å². The summed E-state index contributed by atoms with van der Waals surface area (Å²) < 4.78 is 10.8. The molecule has 0 saturated heterocycles. The van der Waals surface area contributed by atoms with E-state index in [2.05, 4.69) is 0 Å². The van der Waals surface area contributed by atoms with E-state index < -0.39 is 5.97 Å². The van der Waals surface area contributed by atoms with E-state index in [1.165, 1.54) is 11.3 Å². The number of rotatable bonds is 6. The summed E-state index contributed by atoms with van der Waals surface area (Å²) in [6.45, 7) is 6.24. The van der Waals surface area contributed by atoms with Crippen LogP contribution in [0.1, 0.15) is 34.8 Å². The molecule has 0 spiro atoms. The molecule has 0 bridgehead atoms. The number of aryl methyl sites for hydroxylation is 1. The molecule has 0 atom stereocenters. The SMILES string of the molecule is COC(C)(C)CCOc1cc(C)sc1C(=O)O. The van der Waals surface area contributed by atoms with Crippen LogP contribution < -0.4 is 4.74 Å². The van der Waals surface area contributed by atoms with Crippen molar-refractivity contribution in [2.75, 3.05) is 13.7 Å². The number of hydrogen-bond donors (Lipinski definition) is 1. The molecular formula is C12H18O4S. The van der Waals surface area contributed by atoms with Gasteiger partial charge in [0.1, 0.15) is 5.75 Å². The van der Waals surface area contributed by atoms with E-state index in [0.717, 1.165) is 4.88 Å². The third-order valence-corrected chi connectivity index (χ3v) is 3.55. The van der Waals surface area contributed by atoms with E-state index in [9.17, 15) is 4.79 Å². The predicted molar refractivity (Wildman–Crippen MR) is 67.2 cm³/mol. The number of aromatic carboxylic acids is 1. The quantitative estimate of drug-likeness (QED) is 0.852. The minimum Gasteiger partial charge on any atom is -0.492 e. The zero-order valence-corrected chi connectivity index (χ0v) is 11.4. The predicted octanol–water partition coefficient (Wildman–Crippen LogP) is 2.95. The van der Waals surface area contributed by atoms with Gasteiger partial charge in [-0.3, -0.25) is 0 Å². The Morgan fingerprint density at radius 2 is 2.18 bits per heavy atom. The zero-order valence-electron chi connectivity index (χ0n) is 10.6. The van der Waals surface area contributed by atoms with Crippen LogP contribution in [0.4, 0.5) is 0 Å². The lowest BCUT2D eigenvalue weighted by atomic mass is 10.1. The van der Waals surface area contributed by atoms with Crippen LogP contribution in [0.3, 0.4) is 0 Å². The van der Waals surface area contributed by atoms with Crippen molar-refractivity contribution in [3.8, 4) is 5.75 Å². The van der Waals surface area contributed by atoms with E-state index in [0.29, 0.717) is 18.8 Å². The van der Waals surface area contributed by atoms with Crippen LogP contribution in [0.5, 0.6) is 5.75 Å². The summed E-state index contributed by atoms with van der Waals surface area (Å²) in [6.07, 6.45) is 0.706. The zero-order chi connectivity index (χ0) is 13.1. The van der Waals surface area contributed by atoms with Gasteiger partial charge < -0.3 is 14.6 Å². The van der Waals surface area contributed by atoms with E-state index in [1.807, 2.05) is 20.8 Å². The molecule has 0 fully saturated rings. The summed E-state index contributed by atoms with van der Waals surface area (Å²) in [7, 11) is 1.65. The summed E-state index contributed by atoms with van der Waals surface area (Å²) in [5.74, 6) is -0.490. The summed E-state index contributed by atoms with van der Waals surface area (Å²) in [5.41, 5.74) is -0.256. The monoisotopic (exact) mass is 258 g/mol. The average Bonchev–Trinajstić information content (AvgIpc) is 2.60. The standard InChI is InChI=1S/C12H18O4S/c1-8-7-9(10(17-8)11(13)14)16-6-5-12(2,3)15-4/h7H,5-6H2,1-4H3,(H,13,14). The van der Waals surface area contributed by atoms with Crippen LogP contribution in [-0.4, -0.2) is 30.4 Å². The molecule has 1 rings (SSSR count). The molecule has 0 amide bonds. The first-order valence-electron chi connectivity index (χ1n) is 5.37. The maximum absolute atomic E-state index is 11.0. The van der Waals surface area contributed by atoms with Crippen LogP contribution in [0, 0.1) is 6.92 Å². The van der Waals surface area contributed by atoms with Gasteiger partial charge in [-0.05, 0) is 26.8 Å². The molecule has 0 saturated carbocycles. The van der Waals surface area contributed by atoms with Crippen molar-refractivity contribution in [3.05, 3.63) is 15.8 Å². The average molecular weight is 258 g/mol. The van der Waals surface area contributed by atoms with Crippen LogP contribution in [0.2, 0.25) is 0 Å². The second-order valence-electron chi connectivity index (χ2n) is 4.42. The lowest BCUT2D eigenvalue weighted by Crippen LogP contribution is -2.25. The Bertz CT molecular complexity index is 395. The topological polar surface area (TPSA) is 55.8 Å². The van der Waals surface area contributed by atoms with Crippen molar-refractivity contribution >= 4 is 17.3 Å². The van der Waals surface area contributed by atoms with Gasteiger partial charge in [0.05, 0.1) is 12.2 Å². The lowest BCUT2D eigenvalue weighted by molar-refractivity contribution is 0.00542. The molecule has 0 aromatic carbocycles. The van der Waals surface area contributed by atoms with Crippen molar-refractivity contribution in [1.29, 1.82) is 0 Å². The highest BCUT2D eigenvalue weighted by Gasteiger charge is 2.19. The van der Waals surface area contributed by atoms with Gasteiger partial charge in [-0.25, -0.2) is 4.79 Å². The molecule has 1 N–H and O–H groups in total. The molecule has 0 radical (unpaired) electrons. The molecule has 1 aromatic rings. The van der Waals surface area contributed by atoms with Gasteiger partial charge >= 0.3 is 5.97 Å². The Balaban J connectivity index is 2.60. The number of thiophene rings is 1. The van der Waals surface area contributed by atoms with Gasteiger partial charge in [-0.15, -0.1) is 11.3 Å². The second kappa shape index (κ2) is 5.51. The van der Waals surface area contributed by atoms with Crippen molar-refractivity contribution in [1.82, 2.24) is 0 Å². The van der Waals surface area contributed by atoms with E-state index in [1.54, 1.807) is 13.2 Å². The maximum atomic E-state index is 11.0. The summed E-state index contributed by atoms with van der Waals surface area (Å²) in [4.78, 5) is 12.2. The van der Waals surface area contributed by atoms with Gasteiger partial charge in [0.2, 0.25) is 0 Å². The Morgan fingerprint density at radius 1 is 1.53 bits per heavy atom. The molecule has 0 aliphatic carbocycles. The molecule has 0 unspecified atom stereocenters. The van der Waals surface area contributed by atoms with Gasteiger partial charge in [0, 0.05) is 18.4 Å². The molecule has 1 aromatic heterocycles.